The average Bonchev–Trinajstić information content (AvgIpc) is 2.34. The summed E-state index contributed by atoms with van der Waals surface area (Å²) in [6, 6.07) is 0.0285. The lowest BCUT2D eigenvalue weighted by Crippen LogP contribution is -2.46. The van der Waals surface area contributed by atoms with Gasteiger partial charge in [-0.2, -0.15) is 0 Å². The number of amides is 2. The predicted octanol–water partition coefficient (Wildman–Crippen LogP) is 1.60. The van der Waals surface area contributed by atoms with E-state index >= 15 is 0 Å². The van der Waals surface area contributed by atoms with Crippen LogP contribution in [0.2, 0.25) is 0 Å². The molecule has 4 nitrogen and oxygen atoms in total. The molecule has 1 fully saturated rings. The van der Waals surface area contributed by atoms with Crippen molar-refractivity contribution in [3.63, 3.8) is 0 Å². The predicted molar refractivity (Wildman–Crippen MR) is 66.2 cm³/mol. The Kier molecular flexibility index (Phi) is 6.23. The van der Waals surface area contributed by atoms with Crippen LogP contribution in [0.4, 0.5) is 4.79 Å². The van der Waals surface area contributed by atoms with E-state index in [1.807, 2.05) is 6.92 Å². The van der Waals surface area contributed by atoms with Crippen LogP contribution >= 0.6 is 0 Å². The molecular formula is C12H25N3O. The highest BCUT2D eigenvalue weighted by atomic mass is 16.2. The summed E-state index contributed by atoms with van der Waals surface area (Å²) in [6.07, 6.45) is 7.33. The van der Waals surface area contributed by atoms with Crippen molar-refractivity contribution in [3.05, 3.63) is 0 Å². The van der Waals surface area contributed by atoms with Crippen LogP contribution in [0, 0.1) is 5.92 Å². The first-order valence-corrected chi connectivity index (χ1v) is 6.51. The molecule has 1 atom stereocenters. The van der Waals surface area contributed by atoms with Crippen molar-refractivity contribution >= 4 is 6.03 Å². The van der Waals surface area contributed by atoms with E-state index in [2.05, 4.69) is 10.6 Å². The van der Waals surface area contributed by atoms with Crippen LogP contribution in [0.5, 0.6) is 0 Å². The van der Waals surface area contributed by atoms with Crippen molar-refractivity contribution in [1.29, 1.82) is 0 Å². The summed E-state index contributed by atoms with van der Waals surface area (Å²) in [4.78, 5) is 11.3. The summed E-state index contributed by atoms with van der Waals surface area (Å²) in [5.41, 5.74) is 6.08. The minimum absolute atomic E-state index is 0.0897. The highest BCUT2D eigenvalue weighted by Crippen LogP contribution is 2.25. The zero-order valence-corrected chi connectivity index (χ0v) is 10.3. The molecule has 1 saturated carbocycles. The number of carbonyl (C=O) groups excluding carboxylic acids is 1. The molecule has 0 saturated heterocycles. The monoisotopic (exact) mass is 227 g/mol. The average molecular weight is 227 g/mol. The minimum Gasteiger partial charge on any atom is -0.338 e. The summed E-state index contributed by atoms with van der Waals surface area (Å²) < 4.78 is 0. The largest absolute Gasteiger partial charge is 0.338 e. The number of rotatable bonds is 5. The summed E-state index contributed by atoms with van der Waals surface area (Å²) in [7, 11) is 0. The number of hydrogen-bond acceptors (Lipinski definition) is 2. The van der Waals surface area contributed by atoms with Crippen molar-refractivity contribution in [2.24, 2.45) is 11.7 Å². The number of carbonyl (C=O) groups is 1. The quantitative estimate of drug-likeness (QED) is 0.668. The Morgan fingerprint density at radius 3 is 2.62 bits per heavy atom. The molecule has 0 aliphatic heterocycles. The molecule has 0 heterocycles. The van der Waals surface area contributed by atoms with E-state index in [-0.39, 0.29) is 12.1 Å². The van der Waals surface area contributed by atoms with Crippen molar-refractivity contribution in [2.75, 3.05) is 13.1 Å². The Labute approximate surface area is 98.3 Å². The van der Waals surface area contributed by atoms with Crippen LogP contribution in [-0.2, 0) is 0 Å². The fourth-order valence-electron chi connectivity index (χ4n) is 2.24. The molecule has 1 rings (SSSR count). The van der Waals surface area contributed by atoms with Gasteiger partial charge in [-0.15, -0.1) is 0 Å². The summed E-state index contributed by atoms with van der Waals surface area (Å²) in [5, 5.41) is 5.62. The van der Waals surface area contributed by atoms with Gasteiger partial charge in [0, 0.05) is 19.1 Å². The summed E-state index contributed by atoms with van der Waals surface area (Å²) in [6.45, 7) is 3.36. The molecule has 16 heavy (non-hydrogen) atoms. The Bertz CT molecular complexity index is 202. The smallest absolute Gasteiger partial charge is 0.314 e. The zero-order chi connectivity index (χ0) is 11.8. The lowest BCUT2D eigenvalue weighted by Gasteiger charge is -2.27. The first-order valence-electron chi connectivity index (χ1n) is 6.51. The molecule has 0 bridgehead atoms. The Hall–Kier alpha value is -0.770. The van der Waals surface area contributed by atoms with Crippen LogP contribution in [-0.4, -0.2) is 25.2 Å². The van der Waals surface area contributed by atoms with Gasteiger partial charge in [0.05, 0.1) is 0 Å². The molecule has 94 valence electrons. The van der Waals surface area contributed by atoms with Crippen LogP contribution in [0.25, 0.3) is 0 Å². The van der Waals surface area contributed by atoms with Crippen molar-refractivity contribution in [2.45, 2.75) is 51.5 Å². The number of nitrogens with two attached hydrogens (primary N) is 1. The third-order valence-electron chi connectivity index (χ3n) is 3.29. The maximum Gasteiger partial charge on any atom is 0.314 e. The van der Waals surface area contributed by atoms with Crippen LogP contribution in [0.3, 0.4) is 0 Å². The minimum atomic E-state index is -0.0897. The van der Waals surface area contributed by atoms with E-state index < -0.39 is 0 Å². The standard InChI is InChI=1S/C12H25N3O/c1-2-8-14-12(16)15-9-11(13)10-6-4-3-5-7-10/h10-11H,2-9,13H2,1H3,(H2,14,15,16). The number of hydrogen-bond donors (Lipinski definition) is 3. The third-order valence-corrected chi connectivity index (χ3v) is 3.29. The van der Waals surface area contributed by atoms with E-state index in [4.69, 9.17) is 5.73 Å². The van der Waals surface area contributed by atoms with Crippen LogP contribution < -0.4 is 16.4 Å². The van der Waals surface area contributed by atoms with Crippen LogP contribution in [0.15, 0.2) is 0 Å². The van der Waals surface area contributed by atoms with Gasteiger partial charge >= 0.3 is 6.03 Å². The molecule has 1 aliphatic carbocycles. The maximum absolute atomic E-state index is 11.3. The first-order chi connectivity index (χ1) is 7.74. The molecule has 0 spiro atoms. The van der Waals surface area contributed by atoms with Gasteiger partial charge in [-0.3, -0.25) is 0 Å². The van der Waals surface area contributed by atoms with Gasteiger partial charge in [0.25, 0.3) is 0 Å². The van der Waals surface area contributed by atoms with E-state index in [1.54, 1.807) is 0 Å². The highest BCUT2D eigenvalue weighted by Gasteiger charge is 2.20. The molecule has 0 aromatic rings. The van der Waals surface area contributed by atoms with Gasteiger partial charge in [-0.05, 0) is 25.2 Å². The fourth-order valence-corrected chi connectivity index (χ4v) is 2.24. The van der Waals surface area contributed by atoms with Gasteiger partial charge in [-0.1, -0.05) is 26.2 Å². The molecule has 4 N–H and O–H groups in total. The second-order valence-electron chi connectivity index (χ2n) is 4.70. The molecule has 0 aromatic carbocycles. The zero-order valence-electron chi connectivity index (χ0n) is 10.3. The van der Waals surface area contributed by atoms with Gasteiger partial charge in [-0.25, -0.2) is 4.79 Å². The number of urea groups is 1. The maximum atomic E-state index is 11.3. The lowest BCUT2D eigenvalue weighted by atomic mass is 9.84. The lowest BCUT2D eigenvalue weighted by molar-refractivity contribution is 0.236. The summed E-state index contributed by atoms with van der Waals surface area (Å²) >= 11 is 0. The second kappa shape index (κ2) is 7.49. The van der Waals surface area contributed by atoms with Gasteiger partial charge in [0.15, 0.2) is 0 Å². The van der Waals surface area contributed by atoms with Crippen LogP contribution in [0.1, 0.15) is 45.4 Å². The third kappa shape index (κ3) is 4.84. The molecular weight excluding hydrogens is 202 g/mol. The molecule has 4 heteroatoms. The van der Waals surface area contributed by atoms with E-state index in [0.717, 1.165) is 13.0 Å². The fraction of sp³-hybridized carbons (Fsp3) is 0.917. The normalized spacial score (nSPS) is 19.1. The number of nitrogens with one attached hydrogen (secondary N) is 2. The summed E-state index contributed by atoms with van der Waals surface area (Å²) in [5.74, 6) is 0.597. The molecule has 1 unspecified atom stereocenters. The van der Waals surface area contributed by atoms with Gasteiger partial charge in [0.1, 0.15) is 0 Å². The first kappa shape index (κ1) is 13.3. The second-order valence-corrected chi connectivity index (χ2v) is 4.70. The van der Waals surface area contributed by atoms with E-state index in [9.17, 15) is 4.79 Å². The van der Waals surface area contributed by atoms with Crippen molar-refractivity contribution < 1.29 is 4.79 Å². The Balaban J connectivity index is 2.13. The molecule has 0 aromatic heterocycles. The Morgan fingerprint density at radius 1 is 1.31 bits per heavy atom. The van der Waals surface area contributed by atoms with E-state index in [1.165, 1.54) is 32.1 Å². The Morgan fingerprint density at radius 2 is 2.00 bits per heavy atom. The van der Waals surface area contributed by atoms with E-state index in [0.29, 0.717) is 12.5 Å². The van der Waals surface area contributed by atoms with Gasteiger partial charge < -0.3 is 16.4 Å². The van der Waals surface area contributed by atoms with Crippen molar-refractivity contribution in [1.82, 2.24) is 10.6 Å². The SMILES string of the molecule is CCCNC(=O)NCC(N)C1CCCCC1. The molecule has 2 amide bonds. The highest BCUT2D eigenvalue weighted by molar-refractivity contribution is 5.73. The molecule has 1 aliphatic rings. The van der Waals surface area contributed by atoms with Gasteiger partial charge in [0.2, 0.25) is 0 Å². The topological polar surface area (TPSA) is 67.2 Å². The van der Waals surface area contributed by atoms with Crippen molar-refractivity contribution in [3.8, 4) is 0 Å². The molecule has 0 radical (unpaired) electrons.